The quantitative estimate of drug-likeness (QED) is 0.693. The molecule has 0 bridgehead atoms. The molecule has 0 saturated carbocycles. The van der Waals surface area contributed by atoms with Gasteiger partial charge in [-0.3, -0.25) is 0 Å². The molecule has 0 heterocycles. The lowest BCUT2D eigenvalue weighted by atomic mass is 10.0. The average Bonchev–Trinajstić information content (AvgIpc) is 2.29. The van der Waals surface area contributed by atoms with Gasteiger partial charge in [0.25, 0.3) is 0 Å². The number of anilines is 2. The molecule has 1 aromatic rings. The molecular formula is C14H23ClN2. The Morgan fingerprint density at radius 2 is 2.00 bits per heavy atom. The molecule has 96 valence electrons. The van der Waals surface area contributed by atoms with E-state index in [1.54, 1.807) is 6.07 Å². The van der Waals surface area contributed by atoms with E-state index in [-0.39, 0.29) is 0 Å². The second-order valence-corrected chi connectivity index (χ2v) is 4.92. The summed E-state index contributed by atoms with van der Waals surface area (Å²) in [4.78, 5) is 0. The molecule has 0 spiro atoms. The highest BCUT2D eigenvalue weighted by Gasteiger charge is 2.09. The highest BCUT2D eigenvalue weighted by molar-refractivity contribution is 6.33. The van der Waals surface area contributed by atoms with E-state index in [0.29, 0.717) is 16.8 Å². The molecule has 1 unspecified atom stereocenters. The van der Waals surface area contributed by atoms with E-state index in [4.69, 9.17) is 17.3 Å². The van der Waals surface area contributed by atoms with Crippen LogP contribution in [-0.2, 0) is 0 Å². The molecule has 0 aliphatic heterocycles. The maximum Gasteiger partial charge on any atom is 0.0658 e. The maximum atomic E-state index is 6.17. The van der Waals surface area contributed by atoms with Crippen LogP contribution in [-0.4, -0.2) is 6.04 Å². The van der Waals surface area contributed by atoms with Crippen molar-refractivity contribution in [2.24, 2.45) is 0 Å². The summed E-state index contributed by atoms with van der Waals surface area (Å²) in [6.45, 7) is 4.43. The SMILES string of the molecule is CCCCC(CCC)Nc1ccc(N)cc1Cl. The van der Waals surface area contributed by atoms with E-state index < -0.39 is 0 Å². The summed E-state index contributed by atoms with van der Waals surface area (Å²) in [6.07, 6.45) is 6.06. The number of hydrogen-bond acceptors (Lipinski definition) is 2. The number of hydrogen-bond donors (Lipinski definition) is 2. The van der Waals surface area contributed by atoms with Crippen molar-refractivity contribution in [1.82, 2.24) is 0 Å². The van der Waals surface area contributed by atoms with Gasteiger partial charge in [0.2, 0.25) is 0 Å². The van der Waals surface area contributed by atoms with E-state index in [9.17, 15) is 0 Å². The van der Waals surface area contributed by atoms with Crippen molar-refractivity contribution < 1.29 is 0 Å². The summed E-state index contributed by atoms with van der Waals surface area (Å²) >= 11 is 6.17. The summed E-state index contributed by atoms with van der Waals surface area (Å²) in [5.41, 5.74) is 7.39. The van der Waals surface area contributed by atoms with Gasteiger partial charge in [0.05, 0.1) is 10.7 Å². The molecule has 0 aromatic heterocycles. The Morgan fingerprint density at radius 1 is 1.24 bits per heavy atom. The van der Waals surface area contributed by atoms with Crippen LogP contribution < -0.4 is 11.1 Å². The molecule has 0 fully saturated rings. The van der Waals surface area contributed by atoms with Crippen LogP contribution in [0.2, 0.25) is 5.02 Å². The Bertz CT molecular complexity index is 339. The van der Waals surface area contributed by atoms with Crippen LogP contribution in [0.5, 0.6) is 0 Å². The van der Waals surface area contributed by atoms with Crippen LogP contribution in [0.1, 0.15) is 46.0 Å². The number of rotatable bonds is 7. The minimum absolute atomic E-state index is 0.515. The third-order valence-corrected chi connectivity index (χ3v) is 3.21. The van der Waals surface area contributed by atoms with Gasteiger partial charge < -0.3 is 11.1 Å². The van der Waals surface area contributed by atoms with Crippen LogP contribution >= 0.6 is 11.6 Å². The molecule has 2 nitrogen and oxygen atoms in total. The van der Waals surface area contributed by atoms with Gasteiger partial charge in [0.15, 0.2) is 0 Å². The predicted octanol–water partition coefficient (Wildman–Crippen LogP) is 4.69. The largest absolute Gasteiger partial charge is 0.399 e. The van der Waals surface area contributed by atoms with Crippen molar-refractivity contribution in [3.8, 4) is 0 Å². The zero-order valence-electron chi connectivity index (χ0n) is 10.8. The number of halogens is 1. The number of unbranched alkanes of at least 4 members (excludes halogenated alkanes) is 1. The van der Waals surface area contributed by atoms with Crippen molar-refractivity contribution >= 4 is 23.0 Å². The molecule has 0 saturated heterocycles. The molecule has 3 heteroatoms. The third-order valence-electron chi connectivity index (χ3n) is 2.90. The van der Waals surface area contributed by atoms with E-state index in [1.165, 1.54) is 32.1 Å². The third kappa shape index (κ3) is 4.86. The molecule has 1 atom stereocenters. The van der Waals surface area contributed by atoms with Gasteiger partial charge in [-0.15, -0.1) is 0 Å². The molecule has 1 aromatic carbocycles. The number of nitrogens with one attached hydrogen (secondary N) is 1. The minimum atomic E-state index is 0.515. The fourth-order valence-electron chi connectivity index (χ4n) is 1.96. The summed E-state index contributed by atoms with van der Waals surface area (Å²) in [5, 5.41) is 4.23. The van der Waals surface area contributed by atoms with Crippen LogP contribution in [0.3, 0.4) is 0 Å². The fraction of sp³-hybridized carbons (Fsp3) is 0.571. The van der Waals surface area contributed by atoms with Crippen LogP contribution in [0.4, 0.5) is 11.4 Å². The monoisotopic (exact) mass is 254 g/mol. The van der Waals surface area contributed by atoms with Crippen molar-refractivity contribution in [3.05, 3.63) is 23.2 Å². The van der Waals surface area contributed by atoms with Crippen molar-refractivity contribution in [2.45, 2.75) is 52.0 Å². The predicted molar refractivity (Wildman–Crippen MR) is 77.7 cm³/mol. The Morgan fingerprint density at radius 3 is 2.59 bits per heavy atom. The first kappa shape index (κ1) is 14.2. The van der Waals surface area contributed by atoms with Gasteiger partial charge in [0.1, 0.15) is 0 Å². The van der Waals surface area contributed by atoms with E-state index in [0.717, 1.165) is 5.69 Å². The normalized spacial score (nSPS) is 12.4. The molecular weight excluding hydrogens is 232 g/mol. The highest BCUT2D eigenvalue weighted by atomic mass is 35.5. The highest BCUT2D eigenvalue weighted by Crippen LogP contribution is 2.26. The van der Waals surface area contributed by atoms with Gasteiger partial charge in [0, 0.05) is 11.7 Å². The first-order chi connectivity index (χ1) is 8.17. The Kier molecular flexibility index (Phi) is 6.20. The molecule has 0 amide bonds. The van der Waals surface area contributed by atoms with Gasteiger partial charge in [-0.05, 0) is 31.0 Å². The van der Waals surface area contributed by atoms with Gasteiger partial charge >= 0.3 is 0 Å². The Balaban J connectivity index is 2.64. The topological polar surface area (TPSA) is 38.0 Å². The minimum Gasteiger partial charge on any atom is -0.399 e. The molecule has 17 heavy (non-hydrogen) atoms. The van der Waals surface area contributed by atoms with Crippen molar-refractivity contribution in [3.63, 3.8) is 0 Å². The van der Waals surface area contributed by atoms with E-state index >= 15 is 0 Å². The molecule has 0 aliphatic carbocycles. The lowest BCUT2D eigenvalue weighted by molar-refractivity contribution is 0.564. The van der Waals surface area contributed by atoms with Crippen LogP contribution in [0.15, 0.2) is 18.2 Å². The van der Waals surface area contributed by atoms with Crippen LogP contribution in [0, 0.1) is 0 Å². The fourth-order valence-corrected chi connectivity index (χ4v) is 2.20. The first-order valence-corrected chi connectivity index (χ1v) is 6.86. The van der Waals surface area contributed by atoms with E-state index in [2.05, 4.69) is 19.2 Å². The lowest BCUT2D eigenvalue weighted by Crippen LogP contribution is -2.19. The lowest BCUT2D eigenvalue weighted by Gasteiger charge is -2.20. The first-order valence-electron chi connectivity index (χ1n) is 6.49. The number of nitrogen functional groups attached to an aromatic ring is 1. The van der Waals surface area contributed by atoms with E-state index in [1.807, 2.05) is 12.1 Å². The average molecular weight is 255 g/mol. The number of benzene rings is 1. The standard InChI is InChI=1S/C14H23ClN2/c1-3-5-7-12(6-4-2)17-14-9-8-11(16)10-13(14)15/h8-10,12,17H,3-7,16H2,1-2H3. The zero-order valence-corrected chi connectivity index (χ0v) is 11.6. The van der Waals surface area contributed by atoms with Gasteiger partial charge in [-0.25, -0.2) is 0 Å². The second-order valence-electron chi connectivity index (χ2n) is 4.51. The van der Waals surface area contributed by atoms with Crippen LogP contribution in [0.25, 0.3) is 0 Å². The summed E-state index contributed by atoms with van der Waals surface area (Å²) in [7, 11) is 0. The van der Waals surface area contributed by atoms with Crippen molar-refractivity contribution in [2.75, 3.05) is 11.1 Å². The smallest absolute Gasteiger partial charge is 0.0658 e. The summed E-state index contributed by atoms with van der Waals surface area (Å²) < 4.78 is 0. The van der Waals surface area contributed by atoms with Gasteiger partial charge in [-0.1, -0.05) is 44.7 Å². The molecule has 0 radical (unpaired) electrons. The maximum absolute atomic E-state index is 6.17. The summed E-state index contributed by atoms with van der Waals surface area (Å²) in [5.74, 6) is 0. The number of nitrogens with two attached hydrogens (primary N) is 1. The molecule has 1 rings (SSSR count). The zero-order chi connectivity index (χ0) is 12.7. The van der Waals surface area contributed by atoms with Crippen molar-refractivity contribution in [1.29, 1.82) is 0 Å². The van der Waals surface area contributed by atoms with Gasteiger partial charge in [-0.2, -0.15) is 0 Å². The Hall–Kier alpha value is -0.890. The molecule has 0 aliphatic rings. The summed E-state index contributed by atoms with van der Waals surface area (Å²) in [6, 6.07) is 6.16. The Labute approximate surface area is 110 Å². The second kappa shape index (κ2) is 7.44. The molecule has 3 N–H and O–H groups in total.